The van der Waals surface area contributed by atoms with Crippen molar-refractivity contribution in [1.82, 2.24) is 0 Å². The van der Waals surface area contributed by atoms with Crippen LogP contribution in [0.15, 0.2) is 54.6 Å². The zero-order valence-corrected chi connectivity index (χ0v) is 20.0. The highest BCUT2D eigenvalue weighted by Gasteiger charge is 2.12. The lowest BCUT2D eigenvalue weighted by molar-refractivity contribution is -0.114. The number of anilines is 1. The molecule has 34 heavy (non-hydrogen) atoms. The molecule has 7 nitrogen and oxygen atoms in total. The fourth-order valence-corrected chi connectivity index (χ4v) is 3.35. The molecule has 0 spiro atoms. The highest BCUT2D eigenvalue weighted by molar-refractivity contribution is 5.88. The first-order valence-corrected chi connectivity index (χ1v) is 10.6. The molecule has 0 saturated carbocycles. The van der Waals surface area contributed by atoms with Gasteiger partial charge < -0.3 is 29.0 Å². The van der Waals surface area contributed by atoms with Gasteiger partial charge in [0.1, 0.15) is 6.61 Å². The molecular formula is C27H29NO6. The van der Waals surface area contributed by atoms with E-state index >= 15 is 0 Å². The molecule has 0 aliphatic rings. The highest BCUT2D eigenvalue weighted by Crippen LogP contribution is 2.38. The molecule has 0 fully saturated rings. The van der Waals surface area contributed by atoms with Gasteiger partial charge in [-0.05, 0) is 53.1 Å². The maximum absolute atomic E-state index is 11.2. The zero-order valence-electron chi connectivity index (χ0n) is 20.0. The fraction of sp³-hybridized carbons (Fsp3) is 0.222. The molecule has 0 aliphatic carbocycles. The number of methoxy groups -OCH3 is 4. The highest BCUT2D eigenvalue weighted by atomic mass is 16.5. The summed E-state index contributed by atoms with van der Waals surface area (Å²) >= 11 is 0. The number of rotatable bonds is 10. The van der Waals surface area contributed by atoms with Gasteiger partial charge >= 0.3 is 0 Å². The van der Waals surface area contributed by atoms with E-state index in [0.29, 0.717) is 35.4 Å². The van der Waals surface area contributed by atoms with Crippen molar-refractivity contribution in [2.75, 3.05) is 33.8 Å². The first-order valence-electron chi connectivity index (χ1n) is 10.6. The molecule has 0 bridgehead atoms. The van der Waals surface area contributed by atoms with Crippen molar-refractivity contribution in [3.8, 4) is 28.7 Å². The molecule has 1 N–H and O–H groups in total. The van der Waals surface area contributed by atoms with E-state index in [1.165, 1.54) is 6.92 Å². The number of hydrogen-bond acceptors (Lipinski definition) is 6. The van der Waals surface area contributed by atoms with E-state index in [0.717, 1.165) is 22.4 Å². The molecule has 7 heteroatoms. The second kappa shape index (κ2) is 11.7. The first kappa shape index (κ1) is 24.5. The van der Waals surface area contributed by atoms with Crippen LogP contribution in [0.5, 0.6) is 28.7 Å². The molecule has 3 rings (SSSR count). The molecule has 0 aliphatic heterocycles. The van der Waals surface area contributed by atoms with Crippen molar-refractivity contribution in [2.24, 2.45) is 0 Å². The standard InChI is InChI=1S/C27H29NO6/c1-18(29)28-22-11-8-20(9-12-22)17-34-24-14-19(10-13-23(24)30-2)6-7-21-15-25(31-3)27(33-5)26(16-21)32-4/h6-16H,17H2,1-5H3,(H,28,29)/b7-6-. The Labute approximate surface area is 199 Å². The van der Waals surface area contributed by atoms with Crippen LogP contribution in [0.2, 0.25) is 0 Å². The molecule has 3 aromatic rings. The summed E-state index contributed by atoms with van der Waals surface area (Å²) in [5.74, 6) is 2.88. The Bertz CT molecular complexity index is 1130. The minimum Gasteiger partial charge on any atom is -0.493 e. The minimum atomic E-state index is -0.106. The van der Waals surface area contributed by atoms with Crippen LogP contribution < -0.4 is 29.0 Å². The SMILES string of the molecule is COc1ccc(/C=C\c2cc(OC)c(OC)c(OC)c2)cc1OCc1ccc(NC(C)=O)cc1. The Morgan fingerprint density at radius 2 is 1.32 bits per heavy atom. The van der Waals surface area contributed by atoms with Crippen molar-refractivity contribution in [2.45, 2.75) is 13.5 Å². The van der Waals surface area contributed by atoms with E-state index in [2.05, 4.69) is 5.32 Å². The third kappa shape index (κ3) is 6.22. The van der Waals surface area contributed by atoms with E-state index in [-0.39, 0.29) is 5.91 Å². The number of hydrogen-bond donors (Lipinski definition) is 1. The third-order valence-electron chi connectivity index (χ3n) is 5.01. The summed E-state index contributed by atoms with van der Waals surface area (Å²) < 4.78 is 27.7. The lowest BCUT2D eigenvalue weighted by Crippen LogP contribution is -2.05. The van der Waals surface area contributed by atoms with Gasteiger partial charge in [0.25, 0.3) is 0 Å². The van der Waals surface area contributed by atoms with Crippen LogP contribution in [-0.2, 0) is 11.4 Å². The summed E-state index contributed by atoms with van der Waals surface area (Å²) in [6, 6.07) is 17.0. The van der Waals surface area contributed by atoms with Crippen LogP contribution in [0.3, 0.4) is 0 Å². The Morgan fingerprint density at radius 3 is 1.88 bits per heavy atom. The number of ether oxygens (including phenoxy) is 5. The monoisotopic (exact) mass is 463 g/mol. The zero-order chi connectivity index (χ0) is 24.5. The average Bonchev–Trinajstić information content (AvgIpc) is 2.85. The van der Waals surface area contributed by atoms with Crippen LogP contribution in [-0.4, -0.2) is 34.3 Å². The minimum absolute atomic E-state index is 0.106. The quantitative estimate of drug-likeness (QED) is 0.404. The number of nitrogens with one attached hydrogen (secondary N) is 1. The third-order valence-corrected chi connectivity index (χ3v) is 5.01. The molecule has 0 heterocycles. The number of amides is 1. The fourth-order valence-electron chi connectivity index (χ4n) is 3.35. The molecule has 0 unspecified atom stereocenters. The van der Waals surface area contributed by atoms with Crippen LogP contribution in [0, 0.1) is 0 Å². The Kier molecular flexibility index (Phi) is 8.40. The largest absolute Gasteiger partial charge is 0.493 e. The summed E-state index contributed by atoms with van der Waals surface area (Å²) in [6.07, 6.45) is 3.92. The van der Waals surface area contributed by atoms with Crippen LogP contribution in [0.25, 0.3) is 12.2 Å². The van der Waals surface area contributed by atoms with Gasteiger partial charge in [0.15, 0.2) is 23.0 Å². The summed E-state index contributed by atoms with van der Waals surface area (Å²) in [5, 5.41) is 2.75. The van der Waals surface area contributed by atoms with Crippen LogP contribution in [0.4, 0.5) is 5.69 Å². The van der Waals surface area contributed by atoms with E-state index in [1.807, 2.05) is 66.7 Å². The van der Waals surface area contributed by atoms with Gasteiger partial charge in [-0.15, -0.1) is 0 Å². The Morgan fingerprint density at radius 1 is 0.735 bits per heavy atom. The van der Waals surface area contributed by atoms with Gasteiger partial charge in [-0.25, -0.2) is 0 Å². The number of benzene rings is 3. The van der Waals surface area contributed by atoms with E-state index in [1.54, 1.807) is 28.4 Å². The van der Waals surface area contributed by atoms with Crippen LogP contribution in [0.1, 0.15) is 23.6 Å². The Balaban J connectivity index is 1.77. The second-order valence-electron chi connectivity index (χ2n) is 7.37. The van der Waals surface area contributed by atoms with Crippen molar-refractivity contribution in [3.63, 3.8) is 0 Å². The van der Waals surface area contributed by atoms with E-state index < -0.39 is 0 Å². The van der Waals surface area contributed by atoms with Gasteiger partial charge in [-0.2, -0.15) is 0 Å². The predicted octanol–water partition coefficient (Wildman–Crippen LogP) is 5.43. The average molecular weight is 464 g/mol. The van der Waals surface area contributed by atoms with Crippen molar-refractivity contribution >= 4 is 23.7 Å². The van der Waals surface area contributed by atoms with Crippen LogP contribution >= 0.6 is 0 Å². The maximum Gasteiger partial charge on any atom is 0.221 e. The maximum atomic E-state index is 11.2. The first-order chi connectivity index (χ1) is 16.5. The summed E-state index contributed by atoms with van der Waals surface area (Å²) in [4.78, 5) is 11.2. The molecule has 0 saturated heterocycles. The predicted molar refractivity (Wildman–Crippen MR) is 133 cm³/mol. The molecule has 3 aromatic carbocycles. The summed E-state index contributed by atoms with van der Waals surface area (Å²) in [5.41, 5.74) is 3.54. The van der Waals surface area contributed by atoms with Gasteiger partial charge in [-0.1, -0.05) is 30.4 Å². The van der Waals surface area contributed by atoms with Gasteiger partial charge in [0.2, 0.25) is 11.7 Å². The second-order valence-corrected chi connectivity index (χ2v) is 7.37. The van der Waals surface area contributed by atoms with Crippen molar-refractivity contribution in [3.05, 3.63) is 71.3 Å². The van der Waals surface area contributed by atoms with E-state index in [9.17, 15) is 4.79 Å². The lowest BCUT2D eigenvalue weighted by Gasteiger charge is -2.13. The lowest BCUT2D eigenvalue weighted by atomic mass is 10.1. The van der Waals surface area contributed by atoms with E-state index in [4.69, 9.17) is 23.7 Å². The molecule has 178 valence electrons. The Hall–Kier alpha value is -4.13. The molecule has 0 radical (unpaired) electrons. The summed E-state index contributed by atoms with van der Waals surface area (Å²) in [6.45, 7) is 1.84. The van der Waals surface area contributed by atoms with Gasteiger partial charge in [0.05, 0.1) is 28.4 Å². The summed E-state index contributed by atoms with van der Waals surface area (Å²) in [7, 11) is 6.36. The number of carbonyl (C=O) groups is 1. The molecule has 1 amide bonds. The van der Waals surface area contributed by atoms with Gasteiger partial charge in [-0.3, -0.25) is 4.79 Å². The normalized spacial score (nSPS) is 10.6. The van der Waals surface area contributed by atoms with Crippen molar-refractivity contribution in [1.29, 1.82) is 0 Å². The van der Waals surface area contributed by atoms with Gasteiger partial charge in [0, 0.05) is 12.6 Å². The topological polar surface area (TPSA) is 75.2 Å². The molecular weight excluding hydrogens is 434 g/mol. The van der Waals surface area contributed by atoms with Crippen molar-refractivity contribution < 1.29 is 28.5 Å². The number of carbonyl (C=O) groups excluding carboxylic acids is 1. The molecule has 0 atom stereocenters. The smallest absolute Gasteiger partial charge is 0.221 e. The molecule has 0 aromatic heterocycles.